The Morgan fingerprint density at radius 2 is 1.96 bits per heavy atom. The number of carbonyl (C=O) groups excluding carboxylic acids is 2. The first-order valence-electron chi connectivity index (χ1n) is 7.84. The third-order valence-corrected chi connectivity index (χ3v) is 3.64. The second kappa shape index (κ2) is 9.05. The predicted molar refractivity (Wildman–Crippen MR) is 86.5 cm³/mol. The van der Waals surface area contributed by atoms with Crippen LogP contribution < -0.4 is 16.0 Å². The van der Waals surface area contributed by atoms with E-state index in [0.29, 0.717) is 31.5 Å². The van der Waals surface area contributed by atoms with E-state index >= 15 is 0 Å². The molecule has 6 heteroatoms. The molecule has 0 saturated carbocycles. The largest absolute Gasteiger partial charge is 0.352 e. The summed E-state index contributed by atoms with van der Waals surface area (Å²) in [6.45, 7) is 2.83. The van der Waals surface area contributed by atoms with Crippen molar-refractivity contribution in [3.63, 3.8) is 0 Å². The van der Waals surface area contributed by atoms with Gasteiger partial charge in [-0.2, -0.15) is 0 Å². The molecular weight excluding hydrogens is 297 g/mol. The lowest BCUT2D eigenvalue weighted by Gasteiger charge is -2.14. The second-order valence-electron chi connectivity index (χ2n) is 5.46. The van der Waals surface area contributed by atoms with Gasteiger partial charge in [0, 0.05) is 31.6 Å². The fraction of sp³-hybridized carbons (Fsp3) is 0.412. The summed E-state index contributed by atoms with van der Waals surface area (Å²) < 4.78 is 12.8. The van der Waals surface area contributed by atoms with Crippen LogP contribution in [0.1, 0.15) is 29.6 Å². The molecule has 0 aliphatic carbocycles. The molecule has 0 unspecified atom stereocenters. The summed E-state index contributed by atoms with van der Waals surface area (Å²) in [5, 5.41) is 8.83. The Hall–Kier alpha value is -2.21. The Bertz CT molecular complexity index is 570. The molecule has 0 saturated heterocycles. The zero-order valence-electron chi connectivity index (χ0n) is 13.0. The van der Waals surface area contributed by atoms with Crippen LogP contribution in [0.5, 0.6) is 0 Å². The van der Waals surface area contributed by atoms with Crippen LogP contribution >= 0.6 is 0 Å². The molecule has 5 nitrogen and oxygen atoms in total. The summed E-state index contributed by atoms with van der Waals surface area (Å²) >= 11 is 0. The number of rotatable bonds is 7. The van der Waals surface area contributed by atoms with Gasteiger partial charge in [-0.15, -0.1) is 0 Å². The molecule has 1 heterocycles. The van der Waals surface area contributed by atoms with Gasteiger partial charge in [-0.3, -0.25) is 9.59 Å². The van der Waals surface area contributed by atoms with Gasteiger partial charge in [0.2, 0.25) is 5.91 Å². The zero-order valence-corrected chi connectivity index (χ0v) is 13.0. The molecule has 1 aromatic rings. The zero-order chi connectivity index (χ0) is 16.5. The SMILES string of the molecule is O=C(CCCNC(=O)c1ccc(F)cc1)NCC1=CCNCC1. The lowest BCUT2D eigenvalue weighted by molar-refractivity contribution is -0.121. The lowest BCUT2D eigenvalue weighted by Crippen LogP contribution is -2.30. The molecule has 0 spiro atoms. The van der Waals surface area contributed by atoms with E-state index in [0.717, 1.165) is 19.5 Å². The molecule has 0 atom stereocenters. The monoisotopic (exact) mass is 319 g/mol. The highest BCUT2D eigenvalue weighted by Gasteiger charge is 2.07. The third kappa shape index (κ3) is 6.20. The maximum atomic E-state index is 12.8. The van der Waals surface area contributed by atoms with Crippen molar-refractivity contribution in [1.29, 1.82) is 0 Å². The van der Waals surface area contributed by atoms with Gasteiger partial charge < -0.3 is 16.0 Å². The molecule has 1 aromatic carbocycles. The normalized spacial score (nSPS) is 14.0. The maximum absolute atomic E-state index is 12.8. The van der Waals surface area contributed by atoms with Crippen LogP contribution in [-0.4, -0.2) is 38.0 Å². The van der Waals surface area contributed by atoms with E-state index in [9.17, 15) is 14.0 Å². The second-order valence-corrected chi connectivity index (χ2v) is 5.46. The highest BCUT2D eigenvalue weighted by atomic mass is 19.1. The lowest BCUT2D eigenvalue weighted by atomic mass is 10.1. The fourth-order valence-corrected chi connectivity index (χ4v) is 2.28. The molecule has 124 valence electrons. The van der Waals surface area contributed by atoms with Crippen LogP contribution in [0.2, 0.25) is 0 Å². The third-order valence-electron chi connectivity index (χ3n) is 3.64. The van der Waals surface area contributed by atoms with Gasteiger partial charge >= 0.3 is 0 Å². The van der Waals surface area contributed by atoms with Gasteiger partial charge in [-0.05, 0) is 43.7 Å². The Morgan fingerprint density at radius 1 is 1.17 bits per heavy atom. The molecule has 2 rings (SSSR count). The molecule has 1 aliphatic rings. The van der Waals surface area contributed by atoms with Crippen molar-refractivity contribution in [2.75, 3.05) is 26.2 Å². The predicted octanol–water partition coefficient (Wildman–Crippen LogP) is 1.37. The molecule has 23 heavy (non-hydrogen) atoms. The van der Waals surface area contributed by atoms with E-state index in [4.69, 9.17) is 0 Å². The van der Waals surface area contributed by atoms with Crippen LogP contribution in [-0.2, 0) is 4.79 Å². The average molecular weight is 319 g/mol. The number of benzene rings is 1. The fourth-order valence-electron chi connectivity index (χ4n) is 2.28. The van der Waals surface area contributed by atoms with Crippen molar-refractivity contribution in [3.8, 4) is 0 Å². The molecule has 2 amide bonds. The summed E-state index contributed by atoms with van der Waals surface area (Å²) in [5.74, 6) is -0.646. The number of hydrogen-bond acceptors (Lipinski definition) is 3. The van der Waals surface area contributed by atoms with Gasteiger partial charge in [-0.25, -0.2) is 4.39 Å². The van der Waals surface area contributed by atoms with Crippen molar-refractivity contribution in [2.45, 2.75) is 19.3 Å². The van der Waals surface area contributed by atoms with Crippen LogP contribution in [0.3, 0.4) is 0 Å². The summed E-state index contributed by atoms with van der Waals surface area (Å²) in [6.07, 6.45) is 4.01. The van der Waals surface area contributed by atoms with E-state index in [1.165, 1.54) is 29.8 Å². The molecule has 3 N–H and O–H groups in total. The highest BCUT2D eigenvalue weighted by molar-refractivity contribution is 5.94. The first kappa shape index (κ1) is 17.1. The van der Waals surface area contributed by atoms with E-state index in [2.05, 4.69) is 22.0 Å². The number of halogens is 1. The quantitative estimate of drug-likeness (QED) is 0.525. The Balaban J connectivity index is 1.59. The summed E-state index contributed by atoms with van der Waals surface area (Å²) in [4.78, 5) is 23.5. The van der Waals surface area contributed by atoms with E-state index in [1.807, 2.05) is 0 Å². The van der Waals surface area contributed by atoms with E-state index in [1.54, 1.807) is 0 Å². The van der Waals surface area contributed by atoms with Gasteiger partial charge in [0.1, 0.15) is 5.82 Å². The average Bonchev–Trinajstić information content (AvgIpc) is 2.58. The van der Waals surface area contributed by atoms with Crippen molar-refractivity contribution >= 4 is 11.8 Å². The van der Waals surface area contributed by atoms with Crippen molar-refractivity contribution < 1.29 is 14.0 Å². The number of hydrogen-bond donors (Lipinski definition) is 3. The van der Waals surface area contributed by atoms with Gasteiger partial charge in [0.25, 0.3) is 5.91 Å². The Labute approximate surface area is 135 Å². The highest BCUT2D eigenvalue weighted by Crippen LogP contribution is 2.03. The summed E-state index contributed by atoms with van der Waals surface area (Å²) in [5.41, 5.74) is 1.66. The molecule has 1 aliphatic heterocycles. The van der Waals surface area contributed by atoms with Crippen LogP contribution in [0.25, 0.3) is 0 Å². The minimum Gasteiger partial charge on any atom is -0.352 e. The van der Waals surface area contributed by atoms with Crippen molar-refractivity contribution in [1.82, 2.24) is 16.0 Å². The minimum absolute atomic E-state index is 0.0135. The standard InChI is InChI=1S/C17H22FN3O2/c18-15-5-3-14(4-6-15)17(23)20-9-1-2-16(22)21-12-13-7-10-19-11-8-13/h3-7,19H,1-2,8-12H2,(H,20,23)(H,21,22). The molecule has 0 radical (unpaired) electrons. The topological polar surface area (TPSA) is 70.2 Å². The summed E-state index contributed by atoms with van der Waals surface area (Å²) in [7, 11) is 0. The maximum Gasteiger partial charge on any atom is 0.251 e. The van der Waals surface area contributed by atoms with Gasteiger partial charge in [0.05, 0.1) is 0 Å². The number of carbonyl (C=O) groups is 2. The van der Waals surface area contributed by atoms with E-state index < -0.39 is 0 Å². The summed E-state index contributed by atoms with van der Waals surface area (Å²) in [6, 6.07) is 5.36. The van der Waals surface area contributed by atoms with Gasteiger partial charge in [0.15, 0.2) is 0 Å². The van der Waals surface area contributed by atoms with E-state index in [-0.39, 0.29) is 17.6 Å². The van der Waals surface area contributed by atoms with Crippen LogP contribution in [0, 0.1) is 5.82 Å². The molecule has 0 fully saturated rings. The molecule has 0 bridgehead atoms. The Kier molecular flexibility index (Phi) is 6.75. The van der Waals surface area contributed by atoms with Crippen LogP contribution in [0.4, 0.5) is 4.39 Å². The van der Waals surface area contributed by atoms with Crippen molar-refractivity contribution in [3.05, 3.63) is 47.3 Å². The minimum atomic E-state index is -0.373. The molecular formula is C17H22FN3O2. The van der Waals surface area contributed by atoms with Gasteiger partial charge in [-0.1, -0.05) is 11.6 Å². The number of amides is 2. The first-order chi connectivity index (χ1) is 11.1. The van der Waals surface area contributed by atoms with Crippen molar-refractivity contribution in [2.24, 2.45) is 0 Å². The van der Waals surface area contributed by atoms with Crippen LogP contribution in [0.15, 0.2) is 35.9 Å². The first-order valence-corrected chi connectivity index (χ1v) is 7.84. The number of nitrogens with one attached hydrogen (secondary N) is 3. The smallest absolute Gasteiger partial charge is 0.251 e. The Morgan fingerprint density at radius 3 is 2.65 bits per heavy atom. The molecule has 0 aromatic heterocycles.